The molecule has 6 aliphatic rings. The van der Waals surface area contributed by atoms with Crippen LogP contribution in [-0.2, 0) is 29.1 Å². The fourth-order valence-corrected chi connectivity index (χ4v) is 10.7. The number of nitrogens with zero attached hydrogens (tertiary/aromatic N) is 2. The number of hydrogen-bond acceptors (Lipinski definition) is 11. The van der Waals surface area contributed by atoms with E-state index in [1.807, 2.05) is 25.1 Å². The minimum absolute atomic E-state index is 0.0155. The van der Waals surface area contributed by atoms with E-state index in [4.69, 9.17) is 23.9 Å². The Balaban J connectivity index is 1.17. The number of alkyl carbamates (subject to hydrolysis) is 1. The zero-order valence-electron chi connectivity index (χ0n) is 33.1. The Morgan fingerprint density at radius 1 is 1.07 bits per heavy atom. The monoisotopic (exact) mass is 819 g/mol. The van der Waals surface area contributed by atoms with Gasteiger partial charge in [-0.15, -0.1) is 6.58 Å². The van der Waals surface area contributed by atoms with Gasteiger partial charge < -0.3 is 34.5 Å². The number of nitrogens with one attached hydrogen (secondary N) is 3. The van der Waals surface area contributed by atoms with Crippen molar-refractivity contribution in [3.63, 3.8) is 0 Å². The normalized spacial score (nSPS) is 30.6. The molecule has 4 amide bonds. The molecule has 1 saturated heterocycles. The molecule has 3 heterocycles. The van der Waals surface area contributed by atoms with Crippen LogP contribution in [0.15, 0.2) is 36.9 Å². The number of rotatable bonds is 10. The van der Waals surface area contributed by atoms with Gasteiger partial charge in [0, 0.05) is 35.4 Å². The molecule has 8 rings (SSSR count). The molecule has 16 heteroatoms. The summed E-state index contributed by atoms with van der Waals surface area (Å²) < 4.78 is 52.2. The summed E-state index contributed by atoms with van der Waals surface area (Å²) in [6.45, 7) is 6.00. The van der Waals surface area contributed by atoms with E-state index < -0.39 is 68.7 Å². The van der Waals surface area contributed by atoms with E-state index in [0.29, 0.717) is 73.4 Å². The standard InChI is InChI=1S/C42H53N5O10S/c1-4-27-22-42(27,40(50)46-58(52,53)29-16-17-29)45-38(48)32-19-28-23-47(32)39(49)37(25-10-6-7-11-25)44-41(51)57-33-15-9-13-24(33)12-8-14-26-18-30-31(20-34(26)54-3)43-36(55-5-2)21-35(30)56-28/h4,8,14,18,20-21,24-25,27-29,32-33,37H,1,5-7,9-13,15-17,19,22-23H2,2-3H3,(H,44,51)(H,45,48)(H,46,50)/b14-8+/t24-,27+,28+,32-,33-,37-,42+/m0/s1. The summed E-state index contributed by atoms with van der Waals surface area (Å²) in [5.41, 5.74) is -0.202. The summed E-state index contributed by atoms with van der Waals surface area (Å²) in [6, 6.07) is 3.35. The molecule has 0 radical (unpaired) electrons. The molecular formula is C42H53N5O10S. The molecule has 4 saturated carbocycles. The summed E-state index contributed by atoms with van der Waals surface area (Å²) in [7, 11) is -2.32. The van der Waals surface area contributed by atoms with E-state index in [1.54, 1.807) is 13.2 Å². The van der Waals surface area contributed by atoms with Crippen molar-refractivity contribution in [2.24, 2.45) is 17.8 Å². The van der Waals surface area contributed by atoms with Gasteiger partial charge in [-0.1, -0.05) is 31.1 Å². The van der Waals surface area contributed by atoms with E-state index in [-0.39, 0.29) is 37.3 Å². The maximum Gasteiger partial charge on any atom is 0.408 e. The van der Waals surface area contributed by atoms with Gasteiger partial charge in [0.2, 0.25) is 27.7 Å². The van der Waals surface area contributed by atoms with Gasteiger partial charge in [-0.05, 0) is 82.6 Å². The number of carbonyl (C=O) groups is 4. The molecule has 2 aromatic rings. The second kappa shape index (κ2) is 16.1. The lowest BCUT2D eigenvalue weighted by Crippen LogP contribution is -2.59. The second-order valence-corrected chi connectivity index (χ2v) is 18.6. The molecular weight excluding hydrogens is 767 g/mol. The number of aromatic nitrogens is 1. The Hall–Kier alpha value is -4.86. The predicted molar refractivity (Wildman–Crippen MR) is 213 cm³/mol. The third-order valence-corrected chi connectivity index (χ3v) is 14.6. The second-order valence-electron chi connectivity index (χ2n) is 16.6. The van der Waals surface area contributed by atoms with Crippen LogP contribution in [0.25, 0.3) is 17.0 Å². The van der Waals surface area contributed by atoms with Crippen molar-refractivity contribution >= 4 is 50.8 Å². The van der Waals surface area contributed by atoms with Gasteiger partial charge in [-0.25, -0.2) is 18.2 Å². The Labute approximate surface area is 338 Å². The minimum Gasteiger partial charge on any atom is -0.496 e. The van der Waals surface area contributed by atoms with Gasteiger partial charge in [-0.2, -0.15) is 0 Å². The van der Waals surface area contributed by atoms with E-state index in [2.05, 4.69) is 28.0 Å². The molecule has 5 fully saturated rings. The summed E-state index contributed by atoms with van der Waals surface area (Å²) in [5, 5.41) is 5.82. The number of methoxy groups -OCH3 is 1. The zero-order chi connectivity index (χ0) is 40.8. The largest absolute Gasteiger partial charge is 0.496 e. The highest BCUT2D eigenvalue weighted by molar-refractivity contribution is 7.91. The van der Waals surface area contributed by atoms with E-state index in [9.17, 15) is 27.6 Å². The third-order valence-electron chi connectivity index (χ3n) is 12.8. The maximum atomic E-state index is 14.9. The van der Waals surface area contributed by atoms with Crippen LogP contribution < -0.4 is 29.6 Å². The summed E-state index contributed by atoms with van der Waals surface area (Å²) >= 11 is 0. The smallest absolute Gasteiger partial charge is 0.408 e. The van der Waals surface area contributed by atoms with Gasteiger partial charge in [0.15, 0.2) is 0 Å². The maximum absolute atomic E-state index is 14.9. The number of amides is 4. The van der Waals surface area contributed by atoms with Crippen molar-refractivity contribution in [3.8, 4) is 17.4 Å². The van der Waals surface area contributed by atoms with Crippen LogP contribution in [0.2, 0.25) is 0 Å². The topological polar surface area (TPSA) is 192 Å². The van der Waals surface area contributed by atoms with Gasteiger partial charge in [-0.3, -0.25) is 19.1 Å². The lowest BCUT2D eigenvalue weighted by atomic mass is 9.96. The minimum atomic E-state index is -3.91. The zero-order valence-corrected chi connectivity index (χ0v) is 33.9. The molecule has 1 aromatic heterocycles. The van der Waals surface area contributed by atoms with Crippen LogP contribution in [0.3, 0.4) is 0 Å². The number of benzene rings is 1. The predicted octanol–water partition coefficient (Wildman–Crippen LogP) is 4.53. The Morgan fingerprint density at radius 3 is 2.55 bits per heavy atom. The van der Waals surface area contributed by atoms with E-state index in [1.165, 1.54) is 11.0 Å². The highest BCUT2D eigenvalue weighted by atomic mass is 32.2. The van der Waals surface area contributed by atoms with Crippen molar-refractivity contribution in [2.75, 3.05) is 20.3 Å². The molecule has 58 heavy (non-hydrogen) atoms. The van der Waals surface area contributed by atoms with Gasteiger partial charge in [0.25, 0.3) is 5.91 Å². The van der Waals surface area contributed by atoms with Crippen molar-refractivity contribution in [2.45, 2.75) is 119 Å². The van der Waals surface area contributed by atoms with Crippen LogP contribution in [-0.4, -0.2) is 97.5 Å². The Bertz CT molecular complexity index is 2120. The fraction of sp³-hybridized carbons (Fsp3) is 0.595. The molecule has 4 bridgehead atoms. The molecule has 7 atom stereocenters. The number of allylic oxidation sites excluding steroid dienone is 1. The van der Waals surface area contributed by atoms with E-state index in [0.717, 1.165) is 31.2 Å². The molecule has 1 aromatic carbocycles. The van der Waals surface area contributed by atoms with Crippen molar-refractivity contribution in [1.82, 2.24) is 25.2 Å². The first-order valence-electron chi connectivity index (χ1n) is 20.7. The van der Waals surface area contributed by atoms with Crippen molar-refractivity contribution in [3.05, 3.63) is 42.5 Å². The lowest BCUT2D eigenvalue weighted by molar-refractivity contribution is -0.142. The fourth-order valence-electron chi connectivity index (χ4n) is 9.36. The molecule has 4 aliphatic carbocycles. The molecule has 15 nitrogen and oxygen atoms in total. The van der Waals surface area contributed by atoms with Gasteiger partial charge >= 0.3 is 6.09 Å². The van der Waals surface area contributed by atoms with Crippen LogP contribution in [0.4, 0.5) is 4.79 Å². The number of carbonyl (C=O) groups excluding carboxylic acids is 4. The van der Waals surface area contributed by atoms with Crippen LogP contribution in [0.5, 0.6) is 17.4 Å². The molecule has 2 aliphatic heterocycles. The number of sulfonamides is 1. The Kier molecular flexibility index (Phi) is 11.1. The highest BCUT2D eigenvalue weighted by Gasteiger charge is 2.62. The SMILES string of the molecule is C=C[C@@H]1C[C@]1(NC(=O)[C@@H]1C[C@@H]2CN1C(=O)[C@H](C1CCCC1)NC(=O)O[C@H]1CCC[C@@H]1C/C=C/c1cc3c(cc(OCC)nc3cc1OC)O2)C(=O)NS(=O)(=O)C1CC1. The summed E-state index contributed by atoms with van der Waals surface area (Å²) in [6.07, 6.45) is 11.3. The first kappa shape index (κ1) is 39.9. The summed E-state index contributed by atoms with van der Waals surface area (Å²) in [4.78, 5) is 63.0. The molecule has 0 unspecified atom stereocenters. The van der Waals surface area contributed by atoms with E-state index >= 15 is 0 Å². The molecule has 0 spiro atoms. The average Bonchev–Trinajstić information content (AvgIpc) is 3.99. The number of ether oxygens (including phenoxy) is 4. The quantitative estimate of drug-likeness (QED) is 0.286. The highest BCUT2D eigenvalue weighted by Crippen LogP contribution is 2.46. The number of fused-ring (bicyclic) bond motifs is 4. The number of hydrogen-bond donors (Lipinski definition) is 3. The lowest BCUT2D eigenvalue weighted by Gasteiger charge is -2.32. The number of pyridine rings is 1. The molecule has 3 N–H and O–H groups in total. The van der Waals surface area contributed by atoms with Gasteiger partial charge in [0.1, 0.15) is 41.3 Å². The first-order chi connectivity index (χ1) is 27.9. The molecule has 312 valence electrons. The third kappa shape index (κ3) is 7.95. The van der Waals surface area contributed by atoms with Crippen LogP contribution in [0.1, 0.15) is 89.5 Å². The Morgan fingerprint density at radius 2 is 1.84 bits per heavy atom. The average molecular weight is 820 g/mol. The van der Waals surface area contributed by atoms with Crippen molar-refractivity contribution < 1.29 is 46.5 Å². The van der Waals surface area contributed by atoms with Crippen LogP contribution >= 0.6 is 0 Å². The first-order valence-corrected chi connectivity index (χ1v) is 22.2. The van der Waals surface area contributed by atoms with Crippen molar-refractivity contribution in [1.29, 1.82) is 0 Å². The van der Waals surface area contributed by atoms with Crippen LogP contribution in [0, 0.1) is 17.8 Å². The summed E-state index contributed by atoms with van der Waals surface area (Å²) in [5.74, 6) is -1.18. The van der Waals surface area contributed by atoms with Gasteiger partial charge in [0.05, 0.1) is 31.0 Å².